The van der Waals surface area contributed by atoms with E-state index in [1.54, 1.807) is 0 Å². The van der Waals surface area contributed by atoms with Crippen LogP contribution in [0, 0.1) is 11.8 Å². The van der Waals surface area contributed by atoms with Crippen molar-refractivity contribution >= 4 is 0 Å². The molecule has 1 aromatic rings. The van der Waals surface area contributed by atoms with Crippen LogP contribution in [0.5, 0.6) is 0 Å². The lowest BCUT2D eigenvalue weighted by atomic mass is 9.75. The summed E-state index contributed by atoms with van der Waals surface area (Å²) in [7, 11) is 2.01. The molecule has 1 heterocycles. The van der Waals surface area contributed by atoms with E-state index >= 15 is 0 Å². The van der Waals surface area contributed by atoms with Gasteiger partial charge in [0.1, 0.15) is 0 Å². The van der Waals surface area contributed by atoms with Crippen LogP contribution in [0.3, 0.4) is 0 Å². The molecule has 0 radical (unpaired) electrons. The number of rotatable bonds is 6. The number of aromatic nitrogens is 2. The van der Waals surface area contributed by atoms with E-state index in [-0.39, 0.29) is 0 Å². The van der Waals surface area contributed by atoms with E-state index in [9.17, 15) is 0 Å². The molecule has 0 spiro atoms. The maximum absolute atomic E-state index is 4.36. The quantitative estimate of drug-likeness (QED) is 0.848. The number of nitrogens with one attached hydrogen (secondary N) is 1. The Hall–Kier alpha value is -0.830. The van der Waals surface area contributed by atoms with Crippen molar-refractivity contribution in [3.8, 4) is 0 Å². The Morgan fingerprint density at radius 3 is 2.89 bits per heavy atom. The molecule has 0 saturated heterocycles. The third-order valence-electron chi connectivity index (χ3n) is 4.57. The Bertz CT molecular complexity index is 372. The van der Waals surface area contributed by atoms with Crippen molar-refractivity contribution in [1.29, 1.82) is 0 Å². The highest BCUT2D eigenvalue weighted by Crippen LogP contribution is 2.38. The van der Waals surface area contributed by atoms with Gasteiger partial charge in [0, 0.05) is 24.8 Å². The molecule has 3 nitrogen and oxygen atoms in total. The van der Waals surface area contributed by atoms with Crippen LogP contribution in [0.4, 0.5) is 0 Å². The zero-order valence-corrected chi connectivity index (χ0v) is 12.7. The van der Waals surface area contributed by atoms with Gasteiger partial charge in [-0.1, -0.05) is 33.1 Å². The standard InChI is InChI=1S/C16H29N3/c1-4-9-17-16(15-11-18-19(3)12-15)14-8-6-7-13(5-2)10-14/h11-14,16-17H,4-10H2,1-3H3. The van der Waals surface area contributed by atoms with E-state index in [1.165, 1.54) is 44.1 Å². The highest BCUT2D eigenvalue weighted by molar-refractivity contribution is 5.12. The minimum absolute atomic E-state index is 0.503. The van der Waals surface area contributed by atoms with Crippen LogP contribution in [0.25, 0.3) is 0 Å². The average Bonchev–Trinajstić information content (AvgIpc) is 2.86. The van der Waals surface area contributed by atoms with Gasteiger partial charge >= 0.3 is 0 Å². The summed E-state index contributed by atoms with van der Waals surface area (Å²) in [5, 5.41) is 8.12. The topological polar surface area (TPSA) is 29.9 Å². The summed E-state index contributed by atoms with van der Waals surface area (Å²) in [5.41, 5.74) is 1.37. The number of hydrogen-bond acceptors (Lipinski definition) is 2. The summed E-state index contributed by atoms with van der Waals surface area (Å²) in [5.74, 6) is 1.72. The van der Waals surface area contributed by atoms with Gasteiger partial charge in [-0.25, -0.2) is 0 Å². The van der Waals surface area contributed by atoms with Crippen LogP contribution in [0.2, 0.25) is 0 Å². The molecule has 108 valence electrons. The molecule has 1 saturated carbocycles. The zero-order valence-electron chi connectivity index (χ0n) is 12.7. The van der Waals surface area contributed by atoms with Crippen molar-refractivity contribution < 1.29 is 0 Å². The Balaban J connectivity index is 2.08. The van der Waals surface area contributed by atoms with Crippen LogP contribution >= 0.6 is 0 Å². The molecular formula is C16H29N3. The Morgan fingerprint density at radius 2 is 2.26 bits per heavy atom. The first-order valence-electron chi connectivity index (χ1n) is 7.96. The highest BCUT2D eigenvalue weighted by Gasteiger charge is 2.29. The molecule has 3 heteroatoms. The predicted octanol–water partition coefficient (Wildman–Crippen LogP) is 3.68. The maximum atomic E-state index is 4.36. The Kier molecular flexibility index (Phi) is 5.44. The van der Waals surface area contributed by atoms with Gasteiger partial charge in [-0.15, -0.1) is 0 Å². The van der Waals surface area contributed by atoms with Gasteiger partial charge in [0.2, 0.25) is 0 Å². The van der Waals surface area contributed by atoms with Crippen LogP contribution in [0.1, 0.15) is 64.0 Å². The second-order valence-electron chi connectivity index (χ2n) is 6.08. The lowest BCUT2D eigenvalue weighted by Crippen LogP contribution is -2.32. The molecule has 3 unspecified atom stereocenters. The van der Waals surface area contributed by atoms with Crippen LogP contribution < -0.4 is 5.32 Å². The summed E-state index contributed by atoms with van der Waals surface area (Å²) in [6, 6.07) is 0.503. The summed E-state index contributed by atoms with van der Waals surface area (Å²) in [4.78, 5) is 0. The highest BCUT2D eigenvalue weighted by atomic mass is 15.2. The van der Waals surface area contributed by atoms with Crippen molar-refractivity contribution in [1.82, 2.24) is 15.1 Å². The molecule has 0 amide bonds. The van der Waals surface area contributed by atoms with Crippen molar-refractivity contribution in [2.24, 2.45) is 18.9 Å². The van der Waals surface area contributed by atoms with Crippen LogP contribution in [-0.4, -0.2) is 16.3 Å². The summed E-state index contributed by atoms with van der Waals surface area (Å²) < 4.78 is 1.93. The average molecular weight is 263 g/mol. The second kappa shape index (κ2) is 7.09. The molecule has 1 aromatic heterocycles. The molecule has 1 fully saturated rings. The lowest BCUT2D eigenvalue weighted by Gasteiger charge is -2.34. The van der Waals surface area contributed by atoms with E-state index in [4.69, 9.17) is 0 Å². The molecule has 1 aliphatic carbocycles. The van der Waals surface area contributed by atoms with Gasteiger partial charge in [-0.05, 0) is 37.6 Å². The van der Waals surface area contributed by atoms with Gasteiger partial charge in [-0.3, -0.25) is 4.68 Å². The molecule has 19 heavy (non-hydrogen) atoms. The fraction of sp³-hybridized carbons (Fsp3) is 0.812. The minimum atomic E-state index is 0.503. The van der Waals surface area contributed by atoms with E-state index in [0.717, 1.165) is 18.4 Å². The summed E-state index contributed by atoms with van der Waals surface area (Å²) >= 11 is 0. The number of nitrogens with zero attached hydrogens (tertiary/aromatic N) is 2. The van der Waals surface area contributed by atoms with Crippen molar-refractivity contribution in [2.45, 2.75) is 58.4 Å². The van der Waals surface area contributed by atoms with Crippen LogP contribution in [0.15, 0.2) is 12.4 Å². The smallest absolute Gasteiger partial charge is 0.0537 e. The van der Waals surface area contributed by atoms with Gasteiger partial charge < -0.3 is 5.32 Å². The summed E-state index contributed by atoms with van der Waals surface area (Å²) in [6.45, 7) is 5.68. The third kappa shape index (κ3) is 3.82. The van der Waals surface area contributed by atoms with Gasteiger partial charge in [0.05, 0.1) is 6.20 Å². The molecular weight excluding hydrogens is 234 g/mol. The lowest BCUT2D eigenvalue weighted by molar-refractivity contribution is 0.209. The fourth-order valence-corrected chi connectivity index (χ4v) is 3.46. The third-order valence-corrected chi connectivity index (χ3v) is 4.57. The van der Waals surface area contributed by atoms with Gasteiger partial charge in [0.15, 0.2) is 0 Å². The normalized spacial score (nSPS) is 25.4. The van der Waals surface area contributed by atoms with E-state index in [0.29, 0.717) is 6.04 Å². The first kappa shape index (κ1) is 14.6. The Morgan fingerprint density at radius 1 is 1.42 bits per heavy atom. The SMILES string of the molecule is CCCNC(c1cnn(C)c1)C1CCCC(CC)C1. The molecule has 2 rings (SSSR count). The van der Waals surface area contributed by atoms with E-state index < -0.39 is 0 Å². The van der Waals surface area contributed by atoms with Gasteiger partial charge in [0.25, 0.3) is 0 Å². The molecule has 1 N–H and O–H groups in total. The monoisotopic (exact) mass is 263 g/mol. The Labute approximate surface area is 117 Å². The molecule has 0 aromatic carbocycles. The van der Waals surface area contributed by atoms with Crippen molar-refractivity contribution in [3.63, 3.8) is 0 Å². The molecule has 0 bridgehead atoms. The predicted molar refractivity (Wildman–Crippen MR) is 80.0 cm³/mol. The molecule has 0 aliphatic heterocycles. The summed E-state index contributed by atoms with van der Waals surface area (Å²) in [6.07, 6.45) is 12.3. The van der Waals surface area contributed by atoms with E-state index in [2.05, 4.69) is 30.5 Å². The van der Waals surface area contributed by atoms with Gasteiger partial charge in [-0.2, -0.15) is 5.10 Å². The minimum Gasteiger partial charge on any atom is -0.310 e. The van der Waals surface area contributed by atoms with Crippen LogP contribution in [-0.2, 0) is 7.05 Å². The number of aryl methyl sites for hydroxylation is 1. The maximum Gasteiger partial charge on any atom is 0.0537 e. The van der Waals surface area contributed by atoms with E-state index in [1.807, 2.05) is 17.9 Å². The van der Waals surface area contributed by atoms with Crippen molar-refractivity contribution in [3.05, 3.63) is 18.0 Å². The fourth-order valence-electron chi connectivity index (χ4n) is 3.46. The van der Waals surface area contributed by atoms with Crippen molar-refractivity contribution in [2.75, 3.05) is 6.54 Å². The zero-order chi connectivity index (χ0) is 13.7. The second-order valence-corrected chi connectivity index (χ2v) is 6.08. The largest absolute Gasteiger partial charge is 0.310 e. The first-order chi connectivity index (χ1) is 9.24. The molecule has 3 atom stereocenters. The first-order valence-corrected chi connectivity index (χ1v) is 7.96. The molecule has 1 aliphatic rings. The number of hydrogen-bond donors (Lipinski definition) is 1.